The predicted octanol–water partition coefficient (Wildman–Crippen LogP) is 5.19. The summed E-state index contributed by atoms with van der Waals surface area (Å²) >= 11 is 1.23. The quantitative estimate of drug-likeness (QED) is 0.510. The van der Waals surface area contributed by atoms with E-state index in [1.165, 1.54) is 31.2 Å². The van der Waals surface area contributed by atoms with Gasteiger partial charge in [-0.2, -0.15) is 0 Å². The minimum absolute atomic E-state index is 0.125. The number of carbonyl (C=O) groups is 1. The second kappa shape index (κ2) is 9.28. The van der Waals surface area contributed by atoms with Gasteiger partial charge in [0.2, 0.25) is 0 Å². The van der Waals surface area contributed by atoms with Gasteiger partial charge in [-0.05, 0) is 90.3 Å². The number of hydrogen-bond donors (Lipinski definition) is 1. The number of nitrogens with zero attached hydrogens (tertiary/aromatic N) is 2. The molecule has 0 aromatic carbocycles. The number of aromatic nitrogens is 1. The molecule has 2 N–H and O–H groups in total. The van der Waals surface area contributed by atoms with E-state index in [2.05, 4.69) is 24.9 Å². The van der Waals surface area contributed by atoms with E-state index in [1.807, 2.05) is 37.9 Å². The van der Waals surface area contributed by atoms with Gasteiger partial charge >= 0.3 is 6.09 Å². The van der Waals surface area contributed by atoms with Crippen LogP contribution in [0, 0.1) is 5.92 Å². The minimum atomic E-state index is -0.444. The van der Waals surface area contributed by atoms with E-state index in [0.717, 1.165) is 36.4 Å². The van der Waals surface area contributed by atoms with Gasteiger partial charge in [0, 0.05) is 28.9 Å². The first-order chi connectivity index (χ1) is 12.6. The van der Waals surface area contributed by atoms with E-state index in [4.69, 9.17) is 9.88 Å². The van der Waals surface area contributed by atoms with Crippen molar-refractivity contribution in [2.24, 2.45) is 11.1 Å². The molecule has 2 heterocycles. The third kappa shape index (κ3) is 7.00. The van der Waals surface area contributed by atoms with Crippen LogP contribution in [-0.2, 0) is 11.2 Å². The lowest BCUT2D eigenvalue weighted by atomic mass is 9.92. The fourth-order valence-electron chi connectivity index (χ4n) is 3.76. The summed E-state index contributed by atoms with van der Waals surface area (Å²) in [5.41, 5.74) is 0.561. The molecule has 1 aliphatic heterocycles. The van der Waals surface area contributed by atoms with Crippen LogP contribution < -0.4 is 5.14 Å². The summed E-state index contributed by atoms with van der Waals surface area (Å²) in [7, 11) is 0. The molecule has 1 amide bonds. The minimum Gasteiger partial charge on any atom is -0.444 e. The first kappa shape index (κ1) is 22.0. The van der Waals surface area contributed by atoms with Crippen molar-refractivity contribution in [3.8, 4) is 0 Å². The van der Waals surface area contributed by atoms with E-state index in [9.17, 15) is 4.79 Å². The molecule has 1 saturated heterocycles. The molecule has 1 aliphatic rings. The maximum absolute atomic E-state index is 12.5. The molecule has 1 unspecified atom stereocenters. The third-order valence-corrected chi connectivity index (χ3v) is 5.57. The van der Waals surface area contributed by atoms with Crippen molar-refractivity contribution < 1.29 is 9.53 Å². The fourth-order valence-corrected chi connectivity index (χ4v) is 4.02. The van der Waals surface area contributed by atoms with Crippen LogP contribution in [0.4, 0.5) is 4.79 Å². The molecular formula is C21H35N3O2S. The molecule has 0 radical (unpaired) electrons. The van der Waals surface area contributed by atoms with E-state index in [1.54, 1.807) is 0 Å². The Balaban J connectivity index is 1.71. The Kier molecular flexibility index (Phi) is 7.57. The summed E-state index contributed by atoms with van der Waals surface area (Å²) in [6.45, 7) is 10.9. The summed E-state index contributed by atoms with van der Waals surface area (Å²) in [4.78, 5) is 19.8. The zero-order valence-electron chi connectivity index (χ0n) is 17.5. The molecule has 1 aromatic heterocycles. The average molecular weight is 394 g/mol. The van der Waals surface area contributed by atoms with Crippen LogP contribution in [0.5, 0.6) is 0 Å². The number of pyridine rings is 1. The van der Waals surface area contributed by atoms with Gasteiger partial charge in [-0.15, -0.1) is 0 Å². The fraction of sp³-hybridized carbons (Fsp3) is 0.714. The average Bonchev–Trinajstić information content (AvgIpc) is 2.88. The van der Waals surface area contributed by atoms with Gasteiger partial charge in [-0.25, -0.2) is 4.79 Å². The first-order valence-electron chi connectivity index (χ1n) is 9.93. The second-order valence-corrected chi connectivity index (χ2v) is 9.88. The molecule has 0 spiro atoms. The topological polar surface area (TPSA) is 68.5 Å². The Morgan fingerprint density at radius 2 is 2.07 bits per heavy atom. The highest BCUT2D eigenvalue weighted by Crippen LogP contribution is 2.36. The van der Waals surface area contributed by atoms with Crippen LogP contribution in [0.25, 0.3) is 0 Å². The molecular weight excluding hydrogens is 358 g/mol. The van der Waals surface area contributed by atoms with Crippen molar-refractivity contribution in [1.82, 2.24) is 9.88 Å². The molecule has 5 nitrogen and oxygen atoms in total. The molecule has 27 heavy (non-hydrogen) atoms. The number of rotatable bonds is 7. The van der Waals surface area contributed by atoms with Gasteiger partial charge in [-0.3, -0.25) is 10.1 Å². The number of nitrogens with two attached hydrogens (primary N) is 1. The van der Waals surface area contributed by atoms with Crippen LogP contribution in [0.3, 0.4) is 0 Å². The van der Waals surface area contributed by atoms with Crippen molar-refractivity contribution in [1.29, 1.82) is 0 Å². The molecule has 0 bridgehead atoms. The molecule has 0 aliphatic carbocycles. The van der Waals surface area contributed by atoms with Gasteiger partial charge in [-0.1, -0.05) is 12.8 Å². The number of unbranched alkanes of at least 4 members (excludes halogenated alkanes) is 2. The lowest BCUT2D eigenvalue weighted by Crippen LogP contribution is -2.45. The van der Waals surface area contributed by atoms with E-state index >= 15 is 0 Å². The van der Waals surface area contributed by atoms with Crippen LogP contribution in [0.1, 0.15) is 72.4 Å². The molecule has 152 valence electrons. The van der Waals surface area contributed by atoms with Gasteiger partial charge in [0.1, 0.15) is 5.60 Å². The number of aryl methyl sites for hydroxylation is 1. The summed E-state index contributed by atoms with van der Waals surface area (Å²) < 4.78 is 5.58. The van der Waals surface area contributed by atoms with E-state index in [0.29, 0.717) is 5.92 Å². The lowest BCUT2D eigenvalue weighted by molar-refractivity contribution is 0.0131. The highest BCUT2D eigenvalue weighted by molar-refractivity contribution is 7.97. The van der Waals surface area contributed by atoms with E-state index in [-0.39, 0.29) is 11.6 Å². The van der Waals surface area contributed by atoms with Crippen molar-refractivity contribution in [2.75, 3.05) is 6.54 Å². The van der Waals surface area contributed by atoms with Gasteiger partial charge in [0.15, 0.2) is 0 Å². The smallest absolute Gasteiger partial charge is 0.410 e. The predicted molar refractivity (Wildman–Crippen MR) is 112 cm³/mol. The maximum atomic E-state index is 12.5. The summed E-state index contributed by atoms with van der Waals surface area (Å²) in [5.74, 6) is 0.562. The SMILES string of the molecule is CC(C)(C)OC(=O)N1CC(CCCCCc2ccc(SN)cn2)CC1(C)C. The number of amides is 1. The summed E-state index contributed by atoms with van der Waals surface area (Å²) in [6, 6.07) is 4.09. The van der Waals surface area contributed by atoms with E-state index < -0.39 is 5.60 Å². The Hall–Kier alpha value is -1.27. The number of hydrogen-bond acceptors (Lipinski definition) is 5. The zero-order valence-corrected chi connectivity index (χ0v) is 18.3. The first-order valence-corrected chi connectivity index (χ1v) is 10.8. The second-order valence-electron chi connectivity index (χ2n) is 9.18. The number of carbonyl (C=O) groups excluding carboxylic acids is 1. The summed E-state index contributed by atoms with van der Waals surface area (Å²) in [5, 5.41) is 5.52. The molecule has 2 rings (SSSR count). The maximum Gasteiger partial charge on any atom is 0.410 e. The van der Waals surface area contributed by atoms with Crippen LogP contribution in [-0.4, -0.2) is 33.7 Å². The van der Waals surface area contributed by atoms with Crippen molar-refractivity contribution in [3.05, 3.63) is 24.0 Å². The Labute approximate surface area is 168 Å². The Morgan fingerprint density at radius 1 is 1.33 bits per heavy atom. The molecule has 1 aromatic rings. The third-order valence-electron chi connectivity index (χ3n) is 5.05. The highest BCUT2D eigenvalue weighted by atomic mass is 32.2. The van der Waals surface area contributed by atoms with Gasteiger partial charge in [0.05, 0.1) is 0 Å². The zero-order chi connectivity index (χ0) is 20.1. The van der Waals surface area contributed by atoms with Gasteiger partial charge < -0.3 is 9.64 Å². The Morgan fingerprint density at radius 3 is 2.67 bits per heavy atom. The van der Waals surface area contributed by atoms with Crippen LogP contribution >= 0.6 is 11.9 Å². The summed E-state index contributed by atoms with van der Waals surface area (Å²) in [6.07, 6.45) is 8.42. The van der Waals surface area contributed by atoms with Crippen molar-refractivity contribution in [2.45, 2.75) is 89.2 Å². The monoisotopic (exact) mass is 393 g/mol. The highest BCUT2D eigenvalue weighted by Gasteiger charge is 2.42. The van der Waals surface area contributed by atoms with Gasteiger partial charge in [0.25, 0.3) is 0 Å². The Bertz CT molecular complexity index is 611. The standard InChI is InChI=1S/C21H35N3O2S/c1-20(2,3)26-19(25)24-15-16(13-21(24,4)5)9-7-6-8-10-17-11-12-18(27-22)14-23-17/h11-12,14,16H,6-10,13,15,22H2,1-5H3. The largest absolute Gasteiger partial charge is 0.444 e. The molecule has 0 saturated carbocycles. The molecule has 6 heteroatoms. The number of ether oxygens (including phenoxy) is 1. The van der Waals surface area contributed by atoms with Crippen LogP contribution in [0.15, 0.2) is 23.2 Å². The van der Waals surface area contributed by atoms with Crippen molar-refractivity contribution in [3.63, 3.8) is 0 Å². The normalized spacial score (nSPS) is 19.3. The van der Waals surface area contributed by atoms with Crippen LogP contribution in [0.2, 0.25) is 0 Å². The van der Waals surface area contributed by atoms with Crippen molar-refractivity contribution >= 4 is 18.0 Å². The lowest BCUT2D eigenvalue weighted by Gasteiger charge is -2.33. The molecule has 1 atom stereocenters. The molecule has 1 fully saturated rings. The number of likely N-dealkylation sites (tertiary alicyclic amines) is 1.